The molecule has 0 radical (unpaired) electrons. The maximum Gasteiger partial charge on any atom is 0.118 e. The fourth-order valence-electron chi connectivity index (χ4n) is 1.79. The third-order valence-corrected chi connectivity index (χ3v) is 2.91. The molecule has 0 heterocycles. The highest BCUT2D eigenvalue weighted by Crippen LogP contribution is 2.29. The zero-order valence-electron chi connectivity index (χ0n) is 8.12. The summed E-state index contributed by atoms with van der Waals surface area (Å²) in [7, 11) is 1.71. The van der Waals surface area contributed by atoms with Gasteiger partial charge in [-0.05, 0) is 30.0 Å². The van der Waals surface area contributed by atoms with Crippen LogP contribution in [0.25, 0.3) is 0 Å². The zero-order chi connectivity index (χ0) is 9.10. The van der Waals surface area contributed by atoms with Crippen molar-refractivity contribution < 1.29 is 4.74 Å². The molecule has 1 fully saturated rings. The Kier molecular flexibility index (Phi) is 2.53. The van der Waals surface area contributed by atoms with Crippen LogP contribution in [0.2, 0.25) is 0 Å². The van der Waals surface area contributed by atoms with Crippen molar-refractivity contribution in [3.63, 3.8) is 0 Å². The van der Waals surface area contributed by atoms with Crippen molar-refractivity contribution in [2.75, 3.05) is 7.11 Å². The third-order valence-electron chi connectivity index (χ3n) is 2.91. The van der Waals surface area contributed by atoms with Crippen LogP contribution in [-0.4, -0.2) is 7.11 Å². The van der Waals surface area contributed by atoms with Gasteiger partial charge in [0, 0.05) is 0 Å². The van der Waals surface area contributed by atoms with Gasteiger partial charge in [-0.3, -0.25) is 0 Å². The fourth-order valence-corrected chi connectivity index (χ4v) is 1.79. The Morgan fingerprint density at radius 2 is 1.92 bits per heavy atom. The molecule has 1 aliphatic rings. The average molecular weight is 176 g/mol. The SMILES string of the molecule is COc1ccc(CC2CCC2)cc1. The molecule has 1 aliphatic carbocycles. The summed E-state index contributed by atoms with van der Waals surface area (Å²) >= 11 is 0. The van der Waals surface area contributed by atoms with Gasteiger partial charge in [-0.25, -0.2) is 0 Å². The van der Waals surface area contributed by atoms with E-state index < -0.39 is 0 Å². The Morgan fingerprint density at radius 3 is 2.38 bits per heavy atom. The van der Waals surface area contributed by atoms with E-state index in [2.05, 4.69) is 12.1 Å². The highest BCUT2D eigenvalue weighted by molar-refractivity contribution is 5.27. The first kappa shape index (κ1) is 8.61. The molecule has 0 saturated heterocycles. The number of hydrogen-bond donors (Lipinski definition) is 0. The number of rotatable bonds is 3. The first-order chi connectivity index (χ1) is 6.38. The van der Waals surface area contributed by atoms with Crippen molar-refractivity contribution in [3.8, 4) is 5.75 Å². The van der Waals surface area contributed by atoms with E-state index in [-0.39, 0.29) is 0 Å². The molecule has 0 aliphatic heterocycles. The second-order valence-corrected chi connectivity index (χ2v) is 3.85. The topological polar surface area (TPSA) is 9.23 Å². The summed E-state index contributed by atoms with van der Waals surface area (Å²) in [5.74, 6) is 1.91. The molecule has 1 saturated carbocycles. The zero-order valence-corrected chi connectivity index (χ0v) is 8.12. The van der Waals surface area contributed by atoms with E-state index in [0.717, 1.165) is 11.7 Å². The van der Waals surface area contributed by atoms with Crippen molar-refractivity contribution >= 4 is 0 Å². The average Bonchev–Trinajstić information content (AvgIpc) is 2.12. The smallest absolute Gasteiger partial charge is 0.118 e. The van der Waals surface area contributed by atoms with Crippen molar-refractivity contribution in [3.05, 3.63) is 29.8 Å². The number of benzene rings is 1. The Labute approximate surface area is 79.7 Å². The van der Waals surface area contributed by atoms with Gasteiger partial charge in [-0.15, -0.1) is 0 Å². The molecule has 70 valence electrons. The number of ether oxygens (including phenoxy) is 1. The van der Waals surface area contributed by atoms with Gasteiger partial charge in [0.1, 0.15) is 5.75 Å². The lowest BCUT2D eigenvalue weighted by Gasteiger charge is -2.25. The van der Waals surface area contributed by atoms with Crippen LogP contribution in [0.5, 0.6) is 5.75 Å². The summed E-state index contributed by atoms with van der Waals surface area (Å²) in [6.45, 7) is 0. The number of hydrogen-bond acceptors (Lipinski definition) is 1. The quantitative estimate of drug-likeness (QED) is 0.687. The molecular formula is C12H16O. The van der Waals surface area contributed by atoms with Gasteiger partial charge in [0.15, 0.2) is 0 Å². The van der Waals surface area contributed by atoms with Crippen LogP contribution in [0.3, 0.4) is 0 Å². The molecule has 0 bridgehead atoms. The molecule has 0 aromatic heterocycles. The number of methoxy groups -OCH3 is 1. The Hall–Kier alpha value is -0.980. The van der Waals surface area contributed by atoms with Crippen LogP contribution in [0.1, 0.15) is 24.8 Å². The van der Waals surface area contributed by atoms with Crippen molar-refractivity contribution in [1.29, 1.82) is 0 Å². The predicted octanol–water partition coefficient (Wildman–Crippen LogP) is 3.04. The largest absolute Gasteiger partial charge is 0.497 e. The van der Waals surface area contributed by atoms with E-state index in [9.17, 15) is 0 Å². The van der Waals surface area contributed by atoms with Gasteiger partial charge < -0.3 is 4.74 Å². The molecule has 1 heteroatoms. The monoisotopic (exact) mass is 176 g/mol. The van der Waals surface area contributed by atoms with Gasteiger partial charge in [-0.1, -0.05) is 31.4 Å². The molecular weight excluding hydrogens is 160 g/mol. The van der Waals surface area contributed by atoms with Crippen LogP contribution in [0.15, 0.2) is 24.3 Å². The Morgan fingerprint density at radius 1 is 1.23 bits per heavy atom. The summed E-state index contributed by atoms with van der Waals surface area (Å²) in [5.41, 5.74) is 1.45. The van der Waals surface area contributed by atoms with Gasteiger partial charge >= 0.3 is 0 Å². The lowest BCUT2D eigenvalue weighted by molar-refractivity contribution is 0.314. The van der Waals surface area contributed by atoms with Gasteiger partial charge in [0.05, 0.1) is 7.11 Å². The summed E-state index contributed by atoms with van der Waals surface area (Å²) < 4.78 is 5.11. The summed E-state index contributed by atoms with van der Waals surface area (Å²) in [5, 5.41) is 0. The molecule has 1 nitrogen and oxygen atoms in total. The van der Waals surface area contributed by atoms with Gasteiger partial charge in [0.25, 0.3) is 0 Å². The second kappa shape index (κ2) is 3.82. The van der Waals surface area contributed by atoms with Crippen LogP contribution < -0.4 is 4.74 Å². The molecule has 0 amide bonds. The van der Waals surface area contributed by atoms with E-state index >= 15 is 0 Å². The summed E-state index contributed by atoms with van der Waals surface area (Å²) in [6, 6.07) is 8.45. The normalized spacial score (nSPS) is 16.7. The van der Waals surface area contributed by atoms with Crippen molar-refractivity contribution in [2.24, 2.45) is 5.92 Å². The molecule has 2 rings (SSSR count). The first-order valence-corrected chi connectivity index (χ1v) is 5.01. The van der Waals surface area contributed by atoms with E-state index in [1.807, 2.05) is 12.1 Å². The van der Waals surface area contributed by atoms with Crippen LogP contribution in [0, 0.1) is 5.92 Å². The fraction of sp³-hybridized carbons (Fsp3) is 0.500. The van der Waals surface area contributed by atoms with Crippen LogP contribution in [-0.2, 0) is 6.42 Å². The molecule has 0 N–H and O–H groups in total. The van der Waals surface area contributed by atoms with Crippen LogP contribution in [0.4, 0.5) is 0 Å². The van der Waals surface area contributed by atoms with E-state index in [0.29, 0.717) is 0 Å². The maximum absolute atomic E-state index is 5.11. The summed E-state index contributed by atoms with van der Waals surface area (Å²) in [4.78, 5) is 0. The summed E-state index contributed by atoms with van der Waals surface area (Å²) in [6.07, 6.45) is 5.53. The lowest BCUT2D eigenvalue weighted by Crippen LogP contribution is -2.13. The standard InChI is InChI=1S/C12H16O/c1-13-12-7-5-11(6-8-12)9-10-3-2-4-10/h5-8,10H,2-4,9H2,1H3. The molecule has 0 spiro atoms. The van der Waals surface area contributed by atoms with Crippen molar-refractivity contribution in [2.45, 2.75) is 25.7 Å². The molecule has 0 atom stereocenters. The second-order valence-electron chi connectivity index (χ2n) is 3.85. The van der Waals surface area contributed by atoms with Crippen LogP contribution >= 0.6 is 0 Å². The van der Waals surface area contributed by atoms with Gasteiger partial charge in [-0.2, -0.15) is 0 Å². The molecule has 13 heavy (non-hydrogen) atoms. The molecule has 1 aromatic rings. The minimum atomic E-state index is 0.952. The third kappa shape index (κ3) is 2.03. The predicted molar refractivity (Wildman–Crippen MR) is 54.0 cm³/mol. The van der Waals surface area contributed by atoms with Crippen molar-refractivity contribution in [1.82, 2.24) is 0 Å². The Balaban J connectivity index is 1.96. The van der Waals surface area contributed by atoms with E-state index in [1.165, 1.54) is 31.2 Å². The minimum Gasteiger partial charge on any atom is -0.497 e. The Bertz CT molecular complexity index is 259. The van der Waals surface area contributed by atoms with Gasteiger partial charge in [0.2, 0.25) is 0 Å². The highest BCUT2D eigenvalue weighted by Gasteiger charge is 2.17. The minimum absolute atomic E-state index is 0.952. The maximum atomic E-state index is 5.11. The first-order valence-electron chi connectivity index (χ1n) is 5.01. The van der Waals surface area contributed by atoms with E-state index in [4.69, 9.17) is 4.74 Å². The molecule has 1 aromatic carbocycles. The highest BCUT2D eigenvalue weighted by atomic mass is 16.5. The lowest BCUT2D eigenvalue weighted by atomic mass is 9.81. The van der Waals surface area contributed by atoms with E-state index in [1.54, 1.807) is 7.11 Å². The molecule has 0 unspecified atom stereocenters.